The Kier molecular flexibility index (Phi) is 7.09. The van der Waals surface area contributed by atoms with Gasteiger partial charge in [-0.05, 0) is 36.2 Å². The molecular formula is C24H25F2N2O+. The third kappa shape index (κ3) is 5.96. The maximum atomic E-state index is 13.5. The smallest absolute Gasteiger partial charge is 0.278 e. The second-order valence-electron chi connectivity index (χ2n) is 7.12. The minimum atomic E-state index is -0.871. The Morgan fingerprint density at radius 1 is 0.862 bits per heavy atom. The molecule has 0 aliphatic rings. The number of benzene rings is 3. The number of carbonyl (C=O) groups is 1. The second kappa shape index (κ2) is 9.94. The molecule has 3 nitrogen and oxygen atoms in total. The summed E-state index contributed by atoms with van der Waals surface area (Å²) in [5, 5.41) is 1.85. The van der Waals surface area contributed by atoms with E-state index in [9.17, 15) is 13.6 Å². The SMILES string of the molecule is C[C@H]([NH2+]CC(=O)N(Cc1ccccc1)Cc1ccccc1)c1ccc(F)c(F)c1. The van der Waals surface area contributed by atoms with Crippen LogP contribution in [0, 0.1) is 11.6 Å². The average Bonchev–Trinajstić information content (AvgIpc) is 2.74. The number of nitrogens with two attached hydrogens (primary N) is 1. The molecule has 2 N–H and O–H groups in total. The zero-order valence-corrected chi connectivity index (χ0v) is 16.4. The lowest BCUT2D eigenvalue weighted by Crippen LogP contribution is -2.87. The zero-order valence-electron chi connectivity index (χ0n) is 16.4. The van der Waals surface area contributed by atoms with Gasteiger partial charge in [0.25, 0.3) is 5.91 Å². The molecule has 0 heterocycles. The molecule has 3 rings (SSSR count). The van der Waals surface area contributed by atoms with Crippen molar-refractivity contribution in [2.45, 2.75) is 26.1 Å². The van der Waals surface area contributed by atoms with E-state index in [0.717, 1.165) is 17.2 Å². The molecule has 150 valence electrons. The van der Waals surface area contributed by atoms with Crippen LogP contribution in [0.4, 0.5) is 8.78 Å². The molecule has 0 radical (unpaired) electrons. The largest absolute Gasteiger partial charge is 0.333 e. The Balaban J connectivity index is 1.67. The number of hydrogen-bond donors (Lipinski definition) is 1. The molecule has 0 aliphatic heterocycles. The average molecular weight is 395 g/mol. The van der Waals surface area contributed by atoms with Crippen LogP contribution in [0.2, 0.25) is 0 Å². The van der Waals surface area contributed by atoms with E-state index in [2.05, 4.69) is 0 Å². The van der Waals surface area contributed by atoms with Crippen LogP contribution in [-0.2, 0) is 17.9 Å². The van der Waals surface area contributed by atoms with Crippen molar-refractivity contribution in [3.05, 3.63) is 107 Å². The first-order valence-corrected chi connectivity index (χ1v) is 9.67. The van der Waals surface area contributed by atoms with Gasteiger partial charge in [-0.3, -0.25) is 4.79 Å². The van der Waals surface area contributed by atoms with E-state index in [1.807, 2.05) is 77.8 Å². The molecular weight excluding hydrogens is 370 g/mol. The van der Waals surface area contributed by atoms with Crippen molar-refractivity contribution in [2.24, 2.45) is 0 Å². The fraction of sp³-hybridized carbons (Fsp3) is 0.208. The quantitative estimate of drug-likeness (QED) is 0.619. The van der Waals surface area contributed by atoms with Crippen LogP contribution in [0.15, 0.2) is 78.9 Å². The number of amides is 1. The predicted molar refractivity (Wildman–Crippen MR) is 109 cm³/mol. The summed E-state index contributed by atoms with van der Waals surface area (Å²) in [6, 6.07) is 23.4. The van der Waals surface area contributed by atoms with Crippen molar-refractivity contribution in [3.8, 4) is 0 Å². The van der Waals surface area contributed by atoms with Crippen molar-refractivity contribution >= 4 is 5.91 Å². The highest BCUT2D eigenvalue weighted by Crippen LogP contribution is 2.14. The molecule has 0 spiro atoms. The Morgan fingerprint density at radius 3 is 1.93 bits per heavy atom. The zero-order chi connectivity index (χ0) is 20.6. The molecule has 0 saturated heterocycles. The highest BCUT2D eigenvalue weighted by atomic mass is 19.2. The highest BCUT2D eigenvalue weighted by molar-refractivity contribution is 5.77. The van der Waals surface area contributed by atoms with Gasteiger partial charge in [-0.2, -0.15) is 0 Å². The normalized spacial score (nSPS) is 11.8. The Hall–Kier alpha value is -3.05. The van der Waals surface area contributed by atoms with Gasteiger partial charge in [0.1, 0.15) is 6.04 Å². The Labute approximate surface area is 170 Å². The standard InChI is InChI=1S/C24H24F2N2O/c1-18(21-12-13-22(25)23(26)14-21)27-15-24(29)28(16-19-8-4-2-5-9-19)17-20-10-6-3-7-11-20/h2-14,18,27H,15-17H2,1H3/p+1/t18-/m0/s1. The highest BCUT2D eigenvalue weighted by Gasteiger charge is 2.19. The number of nitrogens with zero attached hydrogens (tertiary/aromatic N) is 1. The molecule has 0 fully saturated rings. The molecule has 3 aromatic rings. The molecule has 29 heavy (non-hydrogen) atoms. The van der Waals surface area contributed by atoms with E-state index < -0.39 is 11.6 Å². The minimum Gasteiger partial charge on any atom is -0.333 e. The van der Waals surface area contributed by atoms with E-state index in [4.69, 9.17) is 0 Å². The second-order valence-corrected chi connectivity index (χ2v) is 7.12. The molecule has 5 heteroatoms. The van der Waals surface area contributed by atoms with Gasteiger partial charge >= 0.3 is 0 Å². The molecule has 0 unspecified atom stereocenters. The lowest BCUT2D eigenvalue weighted by molar-refractivity contribution is -0.683. The van der Waals surface area contributed by atoms with Crippen molar-refractivity contribution in [2.75, 3.05) is 6.54 Å². The summed E-state index contributed by atoms with van der Waals surface area (Å²) in [7, 11) is 0. The van der Waals surface area contributed by atoms with Crippen LogP contribution in [0.5, 0.6) is 0 Å². The van der Waals surface area contributed by atoms with Crippen LogP contribution in [0.3, 0.4) is 0 Å². The monoisotopic (exact) mass is 395 g/mol. The molecule has 1 atom stereocenters. The molecule has 0 saturated carbocycles. The fourth-order valence-electron chi connectivity index (χ4n) is 3.18. The summed E-state index contributed by atoms with van der Waals surface area (Å²) in [6.07, 6.45) is 0. The van der Waals surface area contributed by atoms with Crippen LogP contribution < -0.4 is 5.32 Å². The van der Waals surface area contributed by atoms with Gasteiger partial charge in [0, 0.05) is 18.7 Å². The van der Waals surface area contributed by atoms with Crippen molar-refractivity contribution < 1.29 is 18.9 Å². The summed E-state index contributed by atoms with van der Waals surface area (Å²) in [5.41, 5.74) is 2.77. The lowest BCUT2D eigenvalue weighted by Gasteiger charge is -2.23. The first kappa shape index (κ1) is 20.7. The topological polar surface area (TPSA) is 36.9 Å². The summed E-state index contributed by atoms with van der Waals surface area (Å²) in [6.45, 7) is 3.13. The lowest BCUT2D eigenvalue weighted by atomic mass is 10.1. The minimum absolute atomic E-state index is 0.00728. The van der Waals surface area contributed by atoms with Crippen molar-refractivity contribution in [1.29, 1.82) is 0 Å². The first-order valence-electron chi connectivity index (χ1n) is 9.67. The summed E-state index contributed by atoms with van der Waals surface area (Å²) >= 11 is 0. The van der Waals surface area contributed by atoms with Gasteiger partial charge in [-0.1, -0.05) is 60.7 Å². The van der Waals surface area contributed by atoms with Crippen molar-refractivity contribution in [1.82, 2.24) is 4.90 Å². The maximum absolute atomic E-state index is 13.5. The van der Waals surface area contributed by atoms with E-state index >= 15 is 0 Å². The maximum Gasteiger partial charge on any atom is 0.278 e. The first-order chi connectivity index (χ1) is 14.0. The van der Waals surface area contributed by atoms with E-state index in [-0.39, 0.29) is 18.5 Å². The molecule has 3 aromatic carbocycles. The van der Waals surface area contributed by atoms with Crippen molar-refractivity contribution in [3.63, 3.8) is 0 Å². The molecule has 1 amide bonds. The Bertz CT molecular complexity index is 891. The fourth-order valence-corrected chi connectivity index (χ4v) is 3.18. The van der Waals surface area contributed by atoms with Crippen LogP contribution in [0.25, 0.3) is 0 Å². The van der Waals surface area contributed by atoms with Gasteiger partial charge < -0.3 is 10.2 Å². The van der Waals surface area contributed by atoms with Crippen LogP contribution in [-0.4, -0.2) is 17.4 Å². The van der Waals surface area contributed by atoms with E-state index in [0.29, 0.717) is 18.7 Å². The third-order valence-corrected chi connectivity index (χ3v) is 4.90. The summed E-state index contributed by atoms with van der Waals surface area (Å²) in [5.74, 6) is -1.75. The number of carbonyl (C=O) groups excluding carboxylic acids is 1. The van der Waals surface area contributed by atoms with Crippen LogP contribution >= 0.6 is 0 Å². The van der Waals surface area contributed by atoms with Gasteiger partial charge in [0.05, 0.1) is 0 Å². The number of hydrogen-bond acceptors (Lipinski definition) is 1. The number of rotatable bonds is 8. The van der Waals surface area contributed by atoms with Gasteiger partial charge in [0.15, 0.2) is 18.2 Å². The molecule has 0 aliphatic carbocycles. The van der Waals surface area contributed by atoms with Crippen LogP contribution in [0.1, 0.15) is 29.7 Å². The molecule has 0 aromatic heterocycles. The third-order valence-electron chi connectivity index (χ3n) is 4.90. The van der Waals surface area contributed by atoms with E-state index in [1.54, 1.807) is 6.07 Å². The van der Waals surface area contributed by atoms with Gasteiger partial charge in [-0.15, -0.1) is 0 Å². The van der Waals surface area contributed by atoms with Gasteiger partial charge in [-0.25, -0.2) is 8.78 Å². The summed E-state index contributed by atoms with van der Waals surface area (Å²) < 4.78 is 26.6. The Morgan fingerprint density at radius 2 is 1.41 bits per heavy atom. The van der Waals surface area contributed by atoms with E-state index in [1.165, 1.54) is 6.07 Å². The van der Waals surface area contributed by atoms with Gasteiger partial charge in [0.2, 0.25) is 0 Å². The number of halogens is 2. The molecule has 0 bridgehead atoms. The number of quaternary nitrogens is 1. The predicted octanol–water partition coefficient (Wildman–Crippen LogP) is 3.82. The summed E-state index contributed by atoms with van der Waals surface area (Å²) in [4.78, 5) is 14.8.